The number of rotatable bonds is 5. The highest BCUT2D eigenvalue weighted by molar-refractivity contribution is 7.80. The Labute approximate surface area is 183 Å². The topological polar surface area (TPSA) is 79.5 Å². The summed E-state index contributed by atoms with van der Waals surface area (Å²) in [6.45, 7) is 10.4. The van der Waals surface area contributed by atoms with E-state index in [1.165, 1.54) is 0 Å². The number of hydrogen-bond donors (Lipinski definition) is 3. The quantitative estimate of drug-likeness (QED) is 0.494. The van der Waals surface area contributed by atoms with E-state index in [2.05, 4.69) is 36.9 Å². The standard InChI is InChI=1S/C23H29N3O3S/c1-6-15(2)29-19-13-9-16(10-14-19)20(27)24-22(30)26-25-21(28)17-7-11-18(12-8-17)23(3,4)5/h7-15H,6H2,1-5H3,(H,25,28)(H2,24,26,27,30). The summed E-state index contributed by atoms with van der Waals surface area (Å²) in [6.07, 6.45) is 1.00. The third kappa shape index (κ3) is 6.84. The van der Waals surface area contributed by atoms with Crippen LogP contribution in [0, 0.1) is 0 Å². The zero-order valence-electron chi connectivity index (χ0n) is 18.0. The Kier molecular flexibility index (Phi) is 7.94. The number of amides is 2. The van der Waals surface area contributed by atoms with Crippen molar-refractivity contribution in [3.63, 3.8) is 0 Å². The second-order valence-corrected chi connectivity index (χ2v) is 8.46. The summed E-state index contributed by atoms with van der Waals surface area (Å²) >= 11 is 5.08. The molecule has 160 valence electrons. The molecule has 0 aliphatic rings. The van der Waals surface area contributed by atoms with Crippen molar-refractivity contribution >= 4 is 29.1 Å². The summed E-state index contributed by atoms with van der Waals surface area (Å²) in [4.78, 5) is 24.6. The van der Waals surface area contributed by atoms with Crippen molar-refractivity contribution in [1.29, 1.82) is 0 Å². The molecule has 6 nitrogen and oxygen atoms in total. The molecule has 0 fully saturated rings. The van der Waals surface area contributed by atoms with Gasteiger partial charge in [0.15, 0.2) is 5.11 Å². The molecule has 2 aromatic carbocycles. The predicted molar refractivity (Wildman–Crippen MR) is 123 cm³/mol. The molecule has 1 atom stereocenters. The third-order valence-corrected chi connectivity index (χ3v) is 4.76. The molecule has 30 heavy (non-hydrogen) atoms. The lowest BCUT2D eigenvalue weighted by Gasteiger charge is -2.19. The maximum absolute atomic E-state index is 12.3. The minimum absolute atomic E-state index is 0.000376. The van der Waals surface area contributed by atoms with Crippen LogP contribution in [0.15, 0.2) is 48.5 Å². The molecule has 0 heterocycles. The molecule has 0 bridgehead atoms. The van der Waals surface area contributed by atoms with Crippen LogP contribution in [0.3, 0.4) is 0 Å². The van der Waals surface area contributed by atoms with E-state index in [0.717, 1.165) is 12.0 Å². The van der Waals surface area contributed by atoms with Crippen LogP contribution in [0.2, 0.25) is 0 Å². The Morgan fingerprint density at radius 2 is 1.47 bits per heavy atom. The maximum Gasteiger partial charge on any atom is 0.269 e. The average molecular weight is 428 g/mol. The summed E-state index contributed by atoms with van der Waals surface area (Å²) in [7, 11) is 0. The Balaban J connectivity index is 1.85. The van der Waals surface area contributed by atoms with Crippen molar-refractivity contribution in [3.8, 4) is 5.75 Å². The van der Waals surface area contributed by atoms with Crippen molar-refractivity contribution in [2.45, 2.75) is 52.6 Å². The first-order valence-corrected chi connectivity index (χ1v) is 10.3. The highest BCUT2D eigenvalue weighted by atomic mass is 32.1. The number of carbonyl (C=O) groups excluding carboxylic acids is 2. The van der Waals surface area contributed by atoms with Crippen LogP contribution in [0.1, 0.15) is 67.3 Å². The molecule has 0 saturated heterocycles. The molecule has 0 spiro atoms. The minimum Gasteiger partial charge on any atom is -0.491 e. The van der Waals surface area contributed by atoms with Gasteiger partial charge in [-0.1, -0.05) is 39.8 Å². The van der Waals surface area contributed by atoms with Crippen LogP contribution in [0.4, 0.5) is 0 Å². The number of benzene rings is 2. The normalized spacial score (nSPS) is 11.9. The van der Waals surface area contributed by atoms with Crippen LogP contribution < -0.4 is 20.9 Å². The summed E-state index contributed by atoms with van der Waals surface area (Å²) in [5, 5.41) is 2.53. The first-order valence-electron chi connectivity index (χ1n) is 9.89. The SMILES string of the molecule is CCC(C)Oc1ccc(C(=O)NC(=S)NNC(=O)c2ccc(C(C)(C)C)cc2)cc1. The van der Waals surface area contributed by atoms with Gasteiger partial charge in [0.05, 0.1) is 6.10 Å². The lowest BCUT2D eigenvalue weighted by molar-refractivity contribution is 0.0934. The van der Waals surface area contributed by atoms with Gasteiger partial charge in [0.2, 0.25) is 0 Å². The lowest BCUT2D eigenvalue weighted by atomic mass is 9.87. The number of hydrazine groups is 1. The van der Waals surface area contributed by atoms with Gasteiger partial charge in [-0.2, -0.15) is 0 Å². The molecule has 2 amide bonds. The Hall–Kier alpha value is -2.93. The monoisotopic (exact) mass is 427 g/mol. The predicted octanol–water partition coefficient (Wildman–Crippen LogP) is 4.11. The van der Waals surface area contributed by atoms with Gasteiger partial charge in [0.1, 0.15) is 5.75 Å². The lowest BCUT2D eigenvalue weighted by Crippen LogP contribution is -2.48. The fraction of sp³-hybridized carbons (Fsp3) is 0.348. The van der Waals surface area contributed by atoms with Crippen LogP contribution in [0.25, 0.3) is 0 Å². The first-order chi connectivity index (χ1) is 14.1. The van der Waals surface area contributed by atoms with Gasteiger partial charge in [0, 0.05) is 11.1 Å². The fourth-order valence-corrected chi connectivity index (χ4v) is 2.66. The van der Waals surface area contributed by atoms with Crippen molar-refractivity contribution in [2.24, 2.45) is 0 Å². The molecule has 3 N–H and O–H groups in total. The van der Waals surface area contributed by atoms with Crippen LogP contribution >= 0.6 is 12.2 Å². The molecule has 7 heteroatoms. The zero-order valence-corrected chi connectivity index (χ0v) is 18.9. The smallest absolute Gasteiger partial charge is 0.269 e. The molecule has 1 unspecified atom stereocenters. The van der Waals surface area contributed by atoms with Gasteiger partial charge in [-0.15, -0.1) is 0 Å². The molecule has 0 saturated carbocycles. The van der Waals surface area contributed by atoms with Crippen LogP contribution in [0.5, 0.6) is 5.75 Å². The van der Waals surface area contributed by atoms with Gasteiger partial charge in [-0.05, 0) is 72.9 Å². The van der Waals surface area contributed by atoms with Crippen molar-refractivity contribution in [1.82, 2.24) is 16.2 Å². The Bertz CT molecular complexity index is 887. The zero-order chi connectivity index (χ0) is 22.3. The van der Waals surface area contributed by atoms with Crippen LogP contribution in [-0.2, 0) is 5.41 Å². The van der Waals surface area contributed by atoms with Crippen molar-refractivity contribution in [3.05, 3.63) is 65.2 Å². The maximum atomic E-state index is 12.3. The summed E-state index contributed by atoms with van der Waals surface area (Å²) < 4.78 is 5.69. The Morgan fingerprint density at radius 1 is 0.933 bits per heavy atom. The average Bonchev–Trinajstić information content (AvgIpc) is 2.71. The minimum atomic E-state index is -0.383. The molecule has 0 aromatic heterocycles. The number of hydrogen-bond acceptors (Lipinski definition) is 4. The largest absolute Gasteiger partial charge is 0.491 e. The summed E-state index contributed by atoms with van der Waals surface area (Å²) in [5.74, 6) is -0.0312. The van der Waals surface area contributed by atoms with E-state index in [0.29, 0.717) is 16.9 Å². The van der Waals surface area contributed by atoms with Crippen molar-refractivity contribution in [2.75, 3.05) is 0 Å². The van der Waals surface area contributed by atoms with Gasteiger partial charge in [0.25, 0.3) is 11.8 Å². The van der Waals surface area contributed by atoms with Crippen molar-refractivity contribution < 1.29 is 14.3 Å². The van der Waals surface area contributed by atoms with E-state index in [9.17, 15) is 9.59 Å². The molecule has 0 aliphatic carbocycles. The highest BCUT2D eigenvalue weighted by Gasteiger charge is 2.15. The van der Waals surface area contributed by atoms with Gasteiger partial charge < -0.3 is 4.74 Å². The van der Waals surface area contributed by atoms with Gasteiger partial charge >= 0.3 is 0 Å². The molecule has 2 rings (SSSR count). The summed E-state index contributed by atoms with van der Waals surface area (Å²) in [5.41, 5.74) is 7.10. The highest BCUT2D eigenvalue weighted by Crippen LogP contribution is 2.22. The van der Waals surface area contributed by atoms with E-state index < -0.39 is 0 Å². The van der Waals surface area contributed by atoms with Gasteiger partial charge in [-0.3, -0.25) is 25.8 Å². The molecule has 0 radical (unpaired) electrons. The molecular formula is C23H29N3O3S. The molecular weight excluding hydrogens is 398 g/mol. The summed E-state index contributed by atoms with van der Waals surface area (Å²) in [6, 6.07) is 14.1. The molecule has 2 aromatic rings. The van der Waals surface area contributed by atoms with Gasteiger partial charge in [-0.25, -0.2) is 0 Å². The van der Waals surface area contributed by atoms with E-state index in [1.54, 1.807) is 36.4 Å². The first kappa shape index (κ1) is 23.3. The second kappa shape index (κ2) is 10.2. The van der Waals surface area contributed by atoms with E-state index in [4.69, 9.17) is 17.0 Å². The van der Waals surface area contributed by atoms with E-state index >= 15 is 0 Å². The third-order valence-electron chi connectivity index (χ3n) is 4.56. The number of thiocarbonyl (C=S) groups is 1. The van der Waals surface area contributed by atoms with E-state index in [-0.39, 0.29) is 28.4 Å². The molecule has 0 aliphatic heterocycles. The number of ether oxygens (including phenoxy) is 1. The van der Waals surface area contributed by atoms with E-state index in [1.807, 2.05) is 26.0 Å². The second-order valence-electron chi connectivity index (χ2n) is 8.05. The number of carbonyl (C=O) groups is 2. The Morgan fingerprint density at radius 3 is 2.00 bits per heavy atom. The number of nitrogens with one attached hydrogen (secondary N) is 3. The fourth-order valence-electron chi connectivity index (χ4n) is 2.51. The van der Waals surface area contributed by atoms with Crippen LogP contribution in [-0.4, -0.2) is 23.0 Å².